The zero-order valence-corrected chi connectivity index (χ0v) is 22.5. The third-order valence-corrected chi connectivity index (χ3v) is 5.57. The summed E-state index contributed by atoms with van der Waals surface area (Å²) in [4.78, 5) is 23.4. The number of allylic oxidation sites excluding steroid dienone is 2. The van der Waals surface area contributed by atoms with Gasteiger partial charge in [0.05, 0.1) is 12.0 Å². The van der Waals surface area contributed by atoms with Gasteiger partial charge in [-0.15, -0.1) is 0 Å². The molecule has 0 aliphatic heterocycles. The van der Waals surface area contributed by atoms with Crippen molar-refractivity contribution < 1.29 is 44.3 Å². The molecule has 1 amide bonds. The number of hydrogen-bond acceptors (Lipinski definition) is 3. The number of carboxylic acids is 1. The number of amides is 1. The van der Waals surface area contributed by atoms with Crippen molar-refractivity contribution in [3.05, 3.63) is 48.0 Å². The van der Waals surface area contributed by atoms with Crippen LogP contribution < -0.4 is 40.0 Å². The van der Waals surface area contributed by atoms with Crippen molar-refractivity contribution in [2.24, 2.45) is 0 Å². The molecule has 0 spiro atoms. The fourth-order valence-electron chi connectivity index (χ4n) is 3.67. The largest absolute Gasteiger partial charge is 1.00 e. The zero-order valence-electron chi connectivity index (χ0n) is 20.5. The molecule has 1 aromatic carbocycles. The maximum Gasteiger partial charge on any atom is 1.00 e. The van der Waals surface area contributed by atoms with Crippen LogP contribution in [0.25, 0.3) is 0 Å². The van der Waals surface area contributed by atoms with Crippen molar-refractivity contribution in [2.45, 2.75) is 109 Å². The summed E-state index contributed by atoms with van der Waals surface area (Å²) in [7, 11) is 0. The first-order valence-electron chi connectivity index (χ1n) is 12.3. The minimum Gasteiger partial charge on any atom is -0.548 e. The molecule has 0 radical (unpaired) electrons. The first kappa shape index (κ1) is 30.9. The van der Waals surface area contributed by atoms with Gasteiger partial charge in [-0.1, -0.05) is 101 Å². The summed E-state index contributed by atoms with van der Waals surface area (Å²) in [6.45, 7) is 2.25. The van der Waals surface area contributed by atoms with E-state index in [0.29, 0.717) is 6.42 Å². The van der Waals surface area contributed by atoms with Gasteiger partial charge in [0, 0.05) is 6.42 Å². The maximum atomic E-state index is 12.1. The van der Waals surface area contributed by atoms with E-state index in [1.54, 1.807) is 0 Å². The minimum atomic E-state index is -1.23. The number of hydrogen-bond donors (Lipinski definition) is 1. The van der Waals surface area contributed by atoms with Crippen LogP contribution in [-0.4, -0.2) is 17.9 Å². The fraction of sp³-hybridized carbons (Fsp3) is 0.630. The van der Waals surface area contributed by atoms with E-state index in [9.17, 15) is 14.7 Å². The number of aliphatic carboxylic acids is 1. The first-order valence-corrected chi connectivity index (χ1v) is 12.3. The van der Waals surface area contributed by atoms with E-state index in [1.807, 2.05) is 30.3 Å². The molecule has 0 heterocycles. The smallest absolute Gasteiger partial charge is 0.548 e. The second-order valence-corrected chi connectivity index (χ2v) is 8.46. The SMILES string of the molecule is CCCCCCCC/C=C\CCCCCCCC(=O)N[C@@H](Cc1ccccc1)C(=O)[O-].[Na+]. The van der Waals surface area contributed by atoms with E-state index in [4.69, 9.17) is 0 Å². The number of benzene rings is 1. The molecular formula is C27H42NNaO3. The summed E-state index contributed by atoms with van der Waals surface area (Å²) < 4.78 is 0. The number of carbonyl (C=O) groups excluding carboxylic acids is 2. The molecule has 0 fully saturated rings. The molecule has 0 aromatic heterocycles. The predicted molar refractivity (Wildman–Crippen MR) is 127 cm³/mol. The average molecular weight is 452 g/mol. The first-order chi connectivity index (χ1) is 15.1. The summed E-state index contributed by atoms with van der Waals surface area (Å²) in [5.74, 6) is -1.44. The second-order valence-electron chi connectivity index (χ2n) is 8.46. The topological polar surface area (TPSA) is 69.2 Å². The Kier molecular flexibility index (Phi) is 21.0. The normalized spacial score (nSPS) is 11.8. The maximum absolute atomic E-state index is 12.1. The average Bonchev–Trinajstić information content (AvgIpc) is 2.76. The van der Waals surface area contributed by atoms with Crippen molar-refractivity contribution in [3.8, 4) is 0 Å². The minimum absolute atomic E-state index is 0. The summed E-state index contributed by atoms with van der Waals surface area (Å²) in [5, 5.41) is 13.9. The standard InChI is InChI=1S/C27H43NO3.Na/c1-2-3-4-5-6-7-8-9-10-11-12-13-14-15-19-22-26(29)28-25(27(30)31)23-24-20-17-16-18-21-24;/h9-10,16-18,20-21,25H,2-8,11-15,19,22-23H2,1H3,(H,28,29)(H,30,31);/q;+1/p-1/b10-9-;/t25-;/m0./s1. The van der Waals surface area contributed by atoms with Crippen LogP contribution in [0.1, 0.15) is 102 Å². The Balaban J connectivity index is 0.00000961. The van der Waals surface area contributed by atoms with Gasteiger partial charge in [0.1, 0.15) is 0 Å². The van der Waals surface area contributed by atoms with E-state index in [-0.39, 0.29) is 41.9 Å². The molecule has 5 heteroatoms. The predicted octanol–water partition coefficient (Wildman–Crippen LogP) is 2.51. The van der Waals surface area contributed by atoms with E-state index < -0.39 is 12.0 Å². The van der Waals surface area contributed by atoms with Crippen molar-refractivity contribution >= 4 is 11.9 Å². The van der Waals surface area contributed by atoms with Crippen LogP contribution in [0.5, 0.6) is 0 Å². The number of nitrogens with one attached hydrogen (secondary N) is 1. The summed E-state index contributed by atoms with van der Waals surface area (Å²) >= 11 is 0. The van der Waals surface area contributed by atoms with Gasteiger partial charge >= 0.3 is 29.6 Å². The molecular weight excluding hydrogens is 409 g/mol. The Morgan fingerprint density at radius 3 is 1.94 bits per heavy atom. The molecule has 0 saturated heterocycles. The van der Waals surface area contributed by atoms with Gasteiger partial charge in [-0.05, 0) is 44.1 Å². The van der Waals surface area contributed by atoms with Crippen LogP contribution in [0.3, 0.4) is 0 Å². The molecule has 1 N–H and O–H groups in total. The van der Waals surface area contributed by atoms with Crippen molar-refractivity contribution in [3.63, 3.8) is 0 Å². The molecule has 0 saturated carbocycles. The molecule has 1 atom stereocenters. The molecule has 32 heavy (non-hydrogen) atoms. The third kappa shape index (κ3) is 17.5. The van der Waals surface area contributed by atoms with Gasteiger partial charge in [0.15, 0.2) is 0 Å². The van der Waals surface area contributed by atoms with Gasteiger partial charge < -0.3 is 15.2 Å². The van der Waals surface area contributed by atoms with Gasteiger partial charge in [0.25, 0.3) is 0 Å². The monoisotopic (exact) mass is 451 g/mol. The van der Waals surface area contributed by atoms with Gasteiger partial charge in [-0.25, -0.2) is 0 Å². The number of carbonyl (C=O) groups is 2. The fourth-order valence-corrected chi connectivity index (χ4v) is 3.67. The van der Waals surface area contributed by atoms with Gasteiger partial charge in [-0.2, -0.15) is 0 Å². The summed E-state index contributed by atoms with van der Waals surface area (Å²) in [6, 6.07) is 8.32. The zero-order chi connectivity index (χ0) is 22.6. The molecule has 1 rings (SSSR count). The van der Waals surface area contributed by atoms with Crippen LogP contribution >= 0.6 is 0 Å². The van der Waals surface area contributed by atoms with Crippen molar-refractivity contribution in [1.29, 1.82) is 0 Å². The van der Waals surface area contributed by atoms with E-state index >= 15 is 0 Å². The Morgan fingerprint density at radius 1 is 0.844 bits per heavy atom. The molecule has 4 nitrogen and oxygen atoms in total. The van der Waals surface area contributed by atoms with E-state index in [2.05, 4.69) is 24.4 Å². The molecule has 174 valence electrons. The van der Waals surface area contributed by atoms with Crippen molar-refractivity contribution in [2.75, 3.05) is 0 Å². The number of unbranched alkanes of at least 4 members (excludes halogenated alkanes) is 11. The van der Waals surface area contributed by atoms with E-state index in [0.717, 1.165) is 31.2 Å². The van der Waals surface area contributed by atoms with Gasteiger partial charge in [-0.3, -0.25) is 4.79 Å². The number of rotatable bonds is 19. The van der Waals surface area contributed by atoms with Crippen LogP contribution in [0.2, 0.25) is 0 Å². The van der Waals surface area contributed by atoms with Crippen LogP contribution in [0.15, 0.2) is 42.5 Å². The van der Waals surface area contributed by atoms with Crippen LogP contribution in [-0.2, 0) is 16.0 Å². The Bertz CT molecular complexity index is 619. The second kappa shape index (κ2) is 21.7. The Hall–Kier alpha value is -1.10. The molecule has 0 aliphatic carbocycles. The molecule has 0 aliphatic rings. The van der Waals surface area contributed by atoms with E-state index in [1.165, 1.54) is 57.8 Å². The molecule has 1 aromatic rings. The van der Waals surface area contributed by atoms with Gasteiger partial charge in [0.2, 0.25) is 5.91 Å². The third-order valence-electron chi connectivity index (χ3n) is 5.57. The molecule has 0 unspecified atom stereocenters. The molecule has 0 bridgehead atoms. The summed E-state index contributed by atoms with van der Waals surface area (Å²) in [5.41, 5.74) is 0.873. The van der Waals surface area contributed by atoms with Crippen LogP contribution in [0, 0.1) is 0 Å². The quantitative estimate of drug-likeness (QED) is 0.200. The Labute approximate surface area is 217 Å². The summed E-state index contributed by atoms with van der Waals surface area (Å²) in [6.07, 6.45) is 21.0. The van der Waals surface area contributed by atoms with Crippen LogP contribution in [0.4, 0.5) is 0 Å². The Morgan fingerprint density at radius 2 is 1.38 bits per heavy atom. The number of carboxylic acid groups (broad SMARTS) is 1. The van der Waals surface area contributed by atoms with Crippen molar-refractivity contribution in [1.82, 2.24) is 5.32 Å².